The minimum atomic E-state index is 0.965. The third-order valence-electron chi connectivity index (χ3n) is 2.02. The van der Waals surface area contributed by atoms with Gasteiger partial charge in [-0.25, -0.2) is 5.01 Å². The maximum absolute atomic E-state index is 3.79. The van der Waals surface area contributed by atoms with E-state index in [0.717, 1.165) is 26.1 Å². The Hall–Kier alpha value is -0.120. The molecule has 3 heteroatoms. The monoisotopic (exact) mass is 156 g/mol. The van der Waals surface area contributed by atoms with Gasteiger partial charge >= 0.3 is 0 Å². The standard InChI is InChI=1S/C8H18N3/c1-3-4-9-11-7-5-10(2)6-8-11/h9H,1,3-8H2,2H3. The van der Waals surface area contributed by atoms with Gasteiger partial charge in [-0.1, -0.05) is 6.92 Å². The number of piperazine rings is 1. The Morgan fingerprint density at radius 3 is 2.45 bits per heavy atom. The Kier molecular flexibility index (Phi) is 3.83. The van der Waals surface area contributed by atoms with E-state index >= 15 is 0 Å². The molecule has 0 aromatic rings. The Balaban J connectivity index is 2.07. The van der Waals surface area contributed by atoms with Crippen LogP contribution in [0.15, 0.2) is 0 Å². The molecule has 0 spiro atoms. The van der Waals surface area contributed by atoms with Crippen molar-refractivity contribution in [2.45, 2.75) is 6.42 Å². The summed E-state index contributed by atoms with van der Waals surface area (Å²) in [5.41, 5.74) is 3.34. The van der Waals surface area contributed by atoms with Crippen LogP contribution in [0.25, 0.3) is 0 Å². The Morgan fingerprint density at radius 2 is 1.91 bits per heavy atom. The first-order valence-corrected chi connectivity index (χ1v) is 4.29. The molecular formula is C8H18N3. The molecule has 0 atom stereocenters. The van der Waals surface area contributed by atoms with Crippen molar-refractivity contribution < 1.29 is 0 Å². The predicted octanol–water partition coefficient (Wildman–Crippen LogP) is -0.0374. The van der Waals surface area contributed by atoms with Crippen LogP contribution in [0.2, 0.25) is 0 Å². The van der Waals surface area contributed by atoms with Crippen LogP contribution in [0, 0.1) is 6.92 Å². The maximum Gasteiger partial charge on any atom is 0.0259 e. The van der Waals surface area contributed by atoms with E-state index in [0.29, 0.717) is 0 Å². The summed E-state index contributed by atoms with van der Waals surface area (Å²) in [7, 11) is 2.17. The third kappa shape index (κ3) is 3.18. The Bertz CT molecular complexity index is 94.8. The molecule has 1 saturated heterocycles. The van der Waals surface area contributed by atoms with Crippen molar-refractivity contribution in [3.8, 4) is 0 Å². The van der Waals surface area contributed by atoms with Crippen molar-refractivity contribution in [2.24, 2.45) is 0 Å². The maximum atomic E-state index is 3.79. The van der Waals surface area contributed by atoms with Crippen LogP contribution < -0.4 is 5.43 Å². The normalized spacial score (nSPS) is 22.4. The van der Waals surface area contributed by atoms with Gasteiger partial charge in [0.05, 0.1) is 0 Å². The largest absolute Gasteiger partial charge is 0.304 e. The molecule has 0 unspecified atom stereocenters. The number of hydrogen-bond donors (Lipinski definition) is 1. The van der Waals surface area contributed by atoms with E-state index in [2.05, 4.69) is 29.3 Å². The molecule has 1 fully saturated rings. The first kappa shape index (κ1) is 8.97. The van der Waals surface area contributed by atoms with Crippen LogP contribution in [0.1, 0.15) is 6.42 Å². The van der Waals surface area contributed by atoms with Crippen molar-refractivity contribution >= 4 is 0 Å². The molecule has 1 radical (unpaired) electrons. The van der Waals surface area contributed by atoms with E-state index in [-0.39, 0.29) is 0 Å². The molecule has 0 aliphatic carbocycles. The number of nitrogens with one attached hydrogen (secondary N) is 1. The number of nitrogens with zero attached hydrogens (tertiary/aromatic N) is 2. The highest BCUT2D eigenvalue weighted by Crippen LogP contribution is 1.94. The summed E-state index contributed by atoms with van der Waals surface area (Å²) >= 11 is 0. The molecule has 11 heavy (non-hydrogen) atoms. The molecule has 65 valence electrons. The summed E-state index contributed by atoms with van der Waals surface area (Å²) in [5.74, 6) is 0. The van der Waals surface area contributed by atoms with Crippen molar-refractivity contribution in [3.63, 3.8) is 0 Å². The van der Waals surface area contributed by atoms with Gasteiger partial charge in [-0.3, -0.25) is 5.43 Å². The first-order valence-electron chi connectivity index (χ1n) is 4.29. The molecule has 1 aliphatic rings. The second-order valence-corrected chi connectivity index (χ2v) is 3.05. The minimum Gasteiger partial charge on any atom is -0.304 e. The summed E-state index contributed by atoms with van der Waals surface area (Å²) in [4.78, 5) is 2.35. The lowest BCUT2D eigenvalue weighted by Gasteiger charge is -2.32. The smallest absolute Gasteiger partial charge is 0.0259 e. The summed E-state index contributed by atoms with van der Waals surface area (Å²) in [5, 5.41) is 2.28. The quantitative estimate of drug-likeness (QED) is 0.618. The fourth-order valence-electron chi connectivity index (χ4n) is 1.20. The van der Waals surface area contributed by atoms with Crippen LogP contribution in [-0.2, 0) is 0 Å². The molecule has 1 N–H and O–H groups in total. The highest BCUT2D eigenvalue weighted by molar-refractivity contribution is 4.65. The summed E-state index contributed by atoms with van der Waals surface area (Å²) < 4.78 is 0. The molecular weight excluding hydrogens is 138 g/mol. The molecule has 0 amide bonds. The van der Waals surface area contributed by atoms with Gasteiger partial charge in [0.25, 0.3) is 0 Å². The van der Waals surface area contributed by atoms with Gasteiger partial charge < -0.3 is 4.90 Å². The summed E-state index contributed by atoms with van der Waals surface area (Å²) in [6.45, 7) is 9.40. The fraction of sp³-hybridized carbons (Fsp3) is 0.875. The Labute approximate surface area is 69.3 Å². The zero-order valence-corrected chi connectivity index (χ0v) is 7.34. The van der Waals surface area contributed by atoms with Crippen LogP contribution in [0.4, 0.5) is 0 Å². The second-order valence-electron chi connectivity index (χ2n) is 3.05. The molecule has 1 heterocycles. The zero-order chi connectivity index (χ0) is 8.10. The molecule has 0 aromatic heterocycles. The Morgan fingerprint density at radius 1 is 1.27 bits per heavy atom. The van der Waals surface area contributed by atoms with Gasteiger partial charge in [-0.05, 0) is 13.5 Å². The molecule has 3 nitrogen and oxygen atoms in total. The van der Waals surface area contributed by atoms with Gasteiger partial charge in [0, 0.05) is 32.7 Å². The van der Waals surface area contributed by atoms with Crippen LogP contribution in [0.3, 0.4) is 0 Å². The second kappa shape index (κ2) is 4.70. The van der Waals surface area contributed by atoms with E-state index in [1.54, 1.807) is 0 Å². The van der Waals surface area contributed by atoms with Crippen LogP contribution >= 0.6 is 0 Å². The average molecular weight is 156 g/mol. The van der Waals surface area contributed by atoms with E-state index in [4.69, 9.17) is 0 Å². The van der Waals surface area contributed by atoms with Crippen LogP contribution in [0.5, 0.6) is 0 Å². The molecule has 1 rings (SSSR count). The lowest BCUT2D eigenvalue weighted by Crippen LogP contribution is -2.50. The molecule has 1 aliphatic heterocycles. The predicted molar refractivity (Wildman–Crippen MR) is 47.0 cm³/mol. The number of hydrogen-bond acceptors (Lipinski definition) is 3. The van der Waals surface area contributed by atoms with Crippen molar-refractivity contribution in [1.82, 2.24) is 15.3 Å². The zero-order valence-electron chi connectivity index (χ0n) is 7.34. The van der Waals surface area contributed by atoms with E-state index in [1.165, 1.54) is 13.1 Å². The third-order valence-corrected chi connectivity index (χ3v) is 2.02. The lowest BCUT2D eigenvalue weighted by molar-refractivity contribution is 0.105. The van der Waals surface area contributed by atoms with Gasteiger partial charge in [0.1, 0.15) is 0 Å². The van der Waals surface area contributed by atoms with Gasteiger partial charge in [0.2, 0.25) is 0 Å². The van der Waals surface area contributed by atoms with Gasteiger partial charge in [-0.2, -0.15) is 0 Å². The molecule has 0 saturated carbocycles. The highest BCUT2D eigenvalue weighted by atomic mass is 15.5. The number of rotatable bonds is 3. The average Bonchev–Trinajstić information content (AvgIpc) is 2.04. The lowest BCUT2D eigenvalue weighted by atomic mass is 10.4. The number of likely N-dealkylation sites (N-methyl/N-ethyl adjacent to an activating group) is 1. The summed E-state index contributed by atoms with van der Waals surface area (Å²) in [6.07, 6.45) is 0.965. The van der Waals surface area contributed by atoms with E-state index in [9.17, 15) is 0 Å². The molecule has 0 aromatic carbocycles. The van der Waals surface area contributed by atoms with E-state index < -0.39 is 0 Å². The summed E-state index contributed by atoms with van der Waals surface area (Å²) in [6, 6.07) is 0. The van der Waals surface area contributed by atoms with E-state index in [1.807, 2.05) is 0 Å². The fourth-order valence-corrected chi connectivity index (χ4v) is 1.20. The van der Waals surface area contributed by atoms with Gasteiger partial charge in [-0.15, -0.1) is 0 Å². The van der Waals surface area contributed by atoms with Crippen molar-refractivity contribution in [1.29, 1.82) is 0 Å². The first-order chi connectivity index (χ1) is 5.33. The van der Waals surface area contributed by atoms with Crippen molar-refractivity contribution in [3.05, 3.63) is 6.92 Å². The molecule has 0 bridgehead atoms. The highest BCUT2D eigenvalue weighted by Gasteiger charge is 2.11. The number of hydrazine groups is 1. The van der Waals surface area contributed by atoms with Crippen LogP contribution in [-0.4, -0.2) is 49.7 Å². The van der Waals surface area contributed by atoms with Crippen molar-refractivity contribution in [2.75, 3.05) is 39.8 Å². The SMILES string of the molecule is [CH2]CCNN1CCN(C)CC1. The topological polar surface area (TPSA) is 18.5 Å². The minimum absolute atomic E-state index is 0.965. The van der Waals surface area contributed by atoms with Gasteiger partial charge in [0.15, 0.2) is 0 Å².